The molecule has 0 aliphatic heterocycles. The predicted molar refractivity (Wildman–Crippen MR) is 74.5 cm³/mol. The molecule has 1 fully saturated rings. The summed E-state index contributed by atoms with van der Waals surface area (Å²) in [5, 5.41) is 7.00. The van der Waals surface area contributed by atoms with Gasteiger partial charge in [-0.1, -0.05) is 19.8 Å². The molecule has 96 valence electrons. The highest BCUT2D eigenvalue weighted by Gasteiger charge is 2.17. The summed E-state index contributed by atoms with van der Waals surface area (Å²) in [4.78, 5) is 4.48. The predicted octanol–water partition coefficient (Wildman–Crippen LogP) is 3.41. The Bertz CT molecular complexity index is 327. The fraction of sp³-hybridized carbons (Fsp3) is 0.786. The zero-order chi connectivity index (χ0) is 12.1. The topological polar surface area (TPSA) is 24.9 Å². The van der Waals surface area contributed by atoms with Gasteiger partial charge in [0.05, 0.1) is 5.01 Å². The van der Waals surface area contributed by atoms with E-state index in [1.165, 1.54) is 37.2 Å². The molecule has 1 heterocycles. The second-order valence-electron chi connectivity index (χ2n) is 5.46. The Morgan fingerprint density at radius 2 is 2.12 bits per heavy atom. The molecular weight excluding hydrogens is 228 g/mol. The van der Waals surface area contributed by atoms with Crippen LogP contribution in [0.2, 0.25) is 0 Å². The van der Waals surface area contributed by atoms with Crippen LogP contribution in [0.1, 0.15) is 43.3 Å². The molecule has 1 N–H and O–H groups in total. The van der Waals surface area contributed by atoms with E-state index in [0.717, 1.165) is 30.5 Å². The molecule has 0 amide bonds. The summed E-state index contributed by atoms with van der Waals surface area (Å²) in [5.41, 5.74) is 1.16. The zero-order valence-corrected chi connectivity index (χ0v) is 11.9. The summed E-state index contributed by atoms with van der Waals surface area (Å²) in [5.74, 6) is 1.88. The van der Waals surface area contributed by atoms with Crippen molar-refractivity contribution < 1.29 is 0 Å². The highest BCUT2D eigenvalue weighted by atomic mass is 32.1. The molecule has 0 radical (unpaired) electrons. The molecule has 1 aliphatic carbocycles. The maximum atomic E-state index is 4.48. The Morgan fingerprint density at radius 1 is 1.35 bits per heavy atom. The summed E-state index contributed by atoms with van der Waals surface area (Å²) in [6, 6.07) is 0. The number of hydrogen-bond acceptors (Lipinski definition) is 3. The van der Waals surface area contributed by atoms with Crippen LogP contribution in [0, 0.1) is 18.8 Å². The number of aromatic nitrogens is 1. The molecule has 0 unspecified atom stereocenters. The number of rotatable bonds is 5. The van der Waals surface area contributed by atoms with Gasteiger partial charge in [-0.05, 0) is 38.1 Å². The average Bonchev–Trinajstić information content (AvgIpc) is 2.73. The van der Waals surface area contributed by atoms with E-state index in [1.807, 2.05) is 0 Å². The van der Waals surface area contributed by atoms with Crippen molar-refractivity contribution in [3.63, 3.8) is 0 Å². The first-order chi connectivity index (χ1) is 8.24. The van der Waals surface area contributed by atoms with Crippen molar-refractivity contribution in [1.82, 2.24) is 10.3 Å². The number of nitrogens with one attached hydrogen (secondary N) is 1. The van der Waals surface area contributed by atoms with Gasteiger partial charge >= 0.3 is 0 Å². The minimum absolute atomic E-state index is 0.921. The van der Waals surface area contributed by atoms with E-state index in [0.29, 0.717) is 0 Å². The maximum Gasteiger partial charge on any atom is 0.0940 e. The molecule has 2 rings (SSSR count). The van der Waals surface area contributed by atoms with E-state index in [2.05, 4.69) is 29.5 Å². The van der Waals surface area contributed by atoms with Crippen molar-refractivity contribution in [2.45, 2.75) is 46.0 Å². The van der Waals surface area contributed by atoms with E-state index in [9.17, 15) is 0 Å². The number of thiazole rings is 1. The Kier molecular flexibility index (Phi) is 4.99. The molecule has 17 heavy (non-hydrogen) atoms. The van der Waals surface area contributed by atoms with Crippen molar-refractivity contribution in [2.75, 3.05) is 13.1 Å². The molecule has 1 aromatic heterocycles. The normalized spacial score (nSPS) is 25.1. The van der Waals surface area contributed by atoms with Gasteiger partial charge in [0.1, 0.15) is 0 Å². The van der Waals surface area contributed by atoms with E-state index < -0.39 is 0 Å². The molecular formula is C14H24N2S. The van der Waals surface area contributed by atoms with Crippen molar-refractivity contribution in [1.29, 1.82) is 0 Å². The van der Waals surface area contributed by atoms with Gasteiger partial charge in [0.15, 0.2) is 0 Å². The smallest absolute Gasteiger partial charge is 0.0940 e. The number of hydrogen-bond donors (Lipinski definition) is 1. The van der Waals surface area contributed by atoms with Crippen LogP contribution in [0.15, 0.2) is 5.38 Å². The minimum atomic E-state index is 0.921. The van der Waals surface area contributed by atoms with Crippen LogP contribution in [0.5, 0.6) is 0 Å². The van der Waals surface area contributed by atoms with Crippen LogP contribution in [0.25, 0.3) is 0 Å². The Hall–Kier alpha value is -0.410. The van der Waals surface area contributed by atoms with Crippen LogP contribution < -0.4 is 5.32 Å². The standard InChI is InChI=1S/C14H24N2S/c1-11-3-5-13(6-4-11)9-15-8-7-14-16-12(2)10-17-14/h10-11,13,15H,3-9H2,1-2H3. The Morgan fingerprint density at radius 3 is 2.76 bits per heavy atom. The maximum absolute atomic E-state index is 4.48. The summed E-state index contributed by atoms with van der Waals surface area (Å²) >= 11 is 1.78. The lowest BCUT2D eigenvalue weighted by Crippen LogP contribution is -2.27. The van der Waals surface area contributed by atoms with Gasteiger partial charge in [-0.15, -0.1) is 11.3 Å². The molecule has 3 heteroatoms. The number of nitrogens with zero attached hydrogens (tertiary/aromatic N) is 1. The third-order valence-electron chi connectivity index (χ3n) is 3.75. The number of aryl methyl sites for hydroxylation is 1. The molecule has 2 nitrogen and oxygen atoms in total. The van der Waals surface area contributed by atoms with E-state index >= 15 is 0 Å². The molecule has 0 saturated heterocycles. The molecule has 0 aromatic carbocycles. The van der Waals surface area contributed by atoms with Gasteiger partial charge in [0.2, 0.25) is 0 Å². The van der Waals surface area contributed by atoms with Crippen molar-refractivity contribution in [2.24, 2.45) is 11.8 Å². The fourth-order valence-corrected chi connectivity index (χ4v) is 3.33. The summed E-state index contributed by atoms with van der Waals surface area (Å²) in [7, 11) is 0. The molecule has 0 atom stereocenters. The highest BCUT2D eigenvalue weighted by molar-refractivity contribution is 7.09. The minimum Gasteiger partial charge on any atom is -0.316 e. The average molecular weight is 252 g/mol. The zero-order valence-electron chi connectivity index (χ0n) is 11.0. The monoisotopic (exact) mass is 252 g/mol. The summed E-state index contributed by atoms with van der Waals surface area (Å²) in [6.45, 7) is 6.74. The summed E-state index contributed by atoms with van der Waals surface area (Å²) < 4.78 is 0. The van der Waals surface area contributed by atoms with Gasteiger partial charge in [-0.3, -0.25) is 0 Å². The highest BCUT2D eigenvalue weighted by Crippen LogP contribution is 2.27. The van der Waals surface area contributed by atoms with Crippen LogP contribution in [0.3, 0.4) is 0 Å². The second-order valence-corrected chi connectivity index (χ2v) is 6.41. The third kappa shape index (κ3) is 4.40. The SMILES string of the molecule is Cc1csc(CCNCC2CCC(C)CC2)n1. The van der Waals surface area contributed by atoms with Gasteiger partial charge in [0.25, 0.3) is 0 Å². The van der Waals surface area contributed by atoms with E-state index in [4.69, 9.17) is 0 Å². The van der Waals surface area contributed by atoms with Crippen molar-refractivity contribution >= 4 is 11.3 Å². The van der Waals surface area contributed by atoms with Gasteiger partial charge in [-0.25, -0.2) is 4.98 Å². The van der Waals surface area contributed by atoms with Crippen molar-refractivity contribution in [3.05, 3.63) is 16.1 Å². The van der Waals surface area contributed by atoms with Crippen LogP contribution in [0.4, 0.5) is 0 Å². The third-order valence-corrected chi connectivity index (χ3v) is 4.78. The van der Waals surface area contributed by atoms with Gasteiger partial charge in [-0.2, -0.15) is 0 Å². The van der Waals surface area contributed by atoms with Gasteiger partial charge < -0.3 is 5.32 Å². The molecule has 1 aliphatic rings. The summed E-state index contributed by atoms with van der Waals surface area (Å²) in [6.07, 6.45) is 6.78. The first kappa shape index (κ1) is 13.0. The van der Waals surface area contributed by atoms with Gasteiger partial charge in [0, 0.05) is 24.0 Å². The van der Waals surface area contributed by atoms with Crippen LogP contribution in [-0.2, 0) is 6.42 Å². The molecule has 1 aromatic rings. The Balaban J connectivity index is 1.57. The van der Waals surface area contributed by atoms with E-state index in [-0.39, 0.29) is 0 Å². The second kappa shape index (κ2) is 6.50. The van der Waals surface area contributed by atoms with E-state index in [1.54, 1.807) is 11.3 Å². The van der Waals surface area contributed by atoms with Crippen LogP contribution >= 0.6 is 11.3 Å². The fourth-order valence-electron chi connectivity index (χ4n) is 2.55. The molecule has 0 spiro atoms. The lowest BCUT2D eigenvalue weighted by molar-refractivity contribution is 0.282. The van der Waals surface area contributed by atoms with Crippen molar-refractivity contribution in [3.8, 4) is 0 Å². The molecule has 1 saturated carbocycles. The quantitative estimate of drug-likeness (QED) is 0.812. The Labute approximate surface area is 109 Å². The largest absolute Gasteiger partial charge is 0.316 e. The molecule has 0 bridgehead atoms. The van der Waals surface area contributed by atoms with Crippen LogP contribution in [-0.4, -0.2) is 18.1 Å². The lowest BCUT2D eigenvalue weighted by Gasteiger charge is -2.26. The first-order valence-electron chi connectivity index (χ1n) is 6.85. The lowest BCUT2D eigenvalue weighted by atomic mass is 9.83. The first-order valence-corrected chi connectivity index (χ1v) is 7.73.